The summed E-state index contributed by atoms with van der Waals surface area (Å²) in [5.74, 6) is 1.52. The van der Waals surface area contributed by atoms with E-state index in [1.807, 2.05) is 16.8 Å². The lowest BCUT2D eigenvalue weighted by Gasteiger charge is -2.33. The predicted octanol–water partition coefficient (Wildman–Crippen LogP) is 1.48. The van der Waals surface area contributed by atoms with Crippen molar-refractivity contribution in [1.82, 2.24) is 30.2 Å². The van der Waals surface area contributed by atoms with Gasteiger partial charge in [-0.15, -0.1) is 24.8 Å². The van der Waals surface area contributed by atoms with Crippen LogP contribution in [0.15, 0.2) is 12.7 Å². The smallest absolute Gasteiger partial charge is 0.242 e. The minimum absolute atomic E-state index is 0. The van der Waals surface area contributed by atoms with Crippen LogP contribution in [0.5, 0.6) is 0 Å². The number of halogens is 2. The van der Waals surface area contributed by atoms with E-state index in [0.717, 1.165) is 44.5 Å². The minimum atomic E-state index is 0. The number of imidazole rings is 1. The normalized spacial score (nSPS) is 14.6. The molecule has 26 heavy (non-hydrogen) atoms. The maximum atomic E-state index is 12.6. The van der Waals surface area contributed by atoms with Gasteiger partial charge in [-0.25, -0.2) is 15.0 Å². The zero-order valence-corrected chi connectivity index (χ0v) is 16.8. The molecule has 8 nitrogen and oxygen atoms in total. The molecule has 1 fully saturated rings. The van der Waals surface area contributed by atoms with Gasteiger partial charge in [0.2, 0.25) is 5.91 Å². The first-order chi connectivity index (χ1) is 11.7. The summed E-state index contributed by atoms with van der Waals surface area (Å²) in [6, 6.07) is 0. The van der Waals surface area contributed by atoms with Crippen molar-refractivity contribution < 1.29 is 4.79 Å². The van der Waals surface area contributed by atoms with Crippen LogP contribution in [-0.2, 0) is 4.79 Å². The van der Waals surface area contributed by atoms with Gasteiger partial charge < -0.3 is 20.1 Å². The van der Waals surface area contributed by atoms with E-state index in [2.05, 4.69) is 32.2 Å². The van der Waals surface area contributed by atoms with E-state index >= 15 is 0 Å². The summed E-state index contributed by atoms with van der Waals surface area (Å²) in [5.41, 5.74) is 1.38. The molecule has 1 saturated heterocycles. The molecule has 1 aliphatic heterocycles. The van der Waals surface area contributed by atoms with E-state index in [1.165, 1.54) is 6.33 Å². The summed E-state index contributed by atoms with van der Waals surface area (Å²) in [6.07, 6.45) is 5.21. The third kappa shape index (κ3) is 5.18. The molecule has 1 amide bonds. The van der Waals surface area contributed by atoms with Gasteiger partial charge in [0.05, 0.1) is 12.9 Å². The highest BCUT2D eigenvalue weighted by Crippen LogP contribution is 2.20. The number of amides is 1. The zero-order valence-electron chi connectivity index (χ0n) is 15.1. The molecular formula is C16H27Cl2N7O. The first-order valence-corrected chi connectivity index (χ1v) is 8.52. The Morgan fingerprint density at radius 2 is 2.04 bits per heavy atom. The van der Waals surface area contributed by atoms with Crippen molar-refractivity contribution in [3.63, 3.8) is 0 Å². The Hall–Kier alpha value is -1.64. The van der Waals surface area contributed by atoms with Gasteiger partial charge in [0, 0.05) is 20.1 Å². The van der Waals surface area contributed by atoms with Crippen molar-refractivity contribution in [3.8, 4) is 0 Å². The highest BCUT2D eigenvalue weighted by Gasteiger charge is 2.24. The number of hydrogen-bond acceptors (Lipinski definition) is 6. The van der Waals surface area contributed by atoms with E-state index in [4.69, 9.17) is 0 Å². The number of aromatic amines is 1. The molecule has 2 aromatic heterocycles. The molecule has 0 atom stereocenters. The number of anilines is 1. The molecule has 3 rings (SSSR count). The van der Waals surface area contributed by atoms with Crippen LogP contribution in [0.2, 0.25) is 0 Å². The number of likely N-dealkylation sites (N-methyl/N-ethyl adjacent to an activating group) is 1. The Morgan fingerprint density at radius 1 is 1.31 bits per heavy atom. The fraction of sp³-hybridized carbons (Fsp3) is 0.625. The predicted molar refractivity (Wildman–Crippen MR) is 107 cm³/mol. The molecule has 2 N–H and O–H groups in total. The van der Waals surface area contributed by atoms with Gasteiger partial charge in [0.1, 0.15) is 11.8 Å². The molecule has 0 aliphatic carbocycles. The monoisotopic (exact) mass is 403 g/mol. The Bertz CT molecular complexity index is 688. The van der Waals surface area contributed by atoms with Crippen molar-refractivity contribution in [2.24, 2.45) is 5.92 Å². The van der Waals surface area contributed by atoms with Crippen LogP contribution in [0.3, 0.4) is 0 Å². The van der Waals surface area contributed by atoms with Crippen molar-refractivity contribution in [1.29, 1.82) is 0 Å². The molecule has 0 bridgehead atoms. The molecule has 0 saturated carbocycles. The molecule has 1 aliphatic rings. The fourth-order valence-corrected chi connectivity index (χ4v) is 3.15. The number of hydrogen-bond donors (Lipinski definition) is 2. The second-order valence-electron chi connectivity index (χ2n) is 6.29. The summed E-state index contributed by atoms with van der Waals surface area (Å²) in [5, 5.41) is 3.39. The molecule has 146 valence electrons. The van der Waals surface area contributed by atoms with Crippen LogP contribution in [-0.4, -0.2) is 70.5 Å². The van der Waals surface area contributed by atoms with E-state index in [1.54, 1.807) is 6.33 Å². The average Bonchev–Trinajstić information content (AvgIpc) is 3.08. The molecular weight excluding hydrogens is 377 g/mol. The Kier molecular flexibility index (Phi) is 9.04. The Morgan fingerprint density at radius 3 is 2.73 bits per heavy atom. The molecule has 0 unspecified atom stereocenters. The fourth-order valence-electron chi connectivity index (χ4n) is 3.15. The number of rotatable bonds is 6. The van der Waals surface area contributed by atoms with E-state index in [9.17, 15) is 4.79 Å². The lowest BCUT2D eigenvalue weighted by atomic mass is 9.97. The molecule has 0 spiro atoms. The number of piperidine rings is 1. The number of carbonyl (C=O) groups excluding carboxylic acids is 1. The average molecular weight is 404 g/mol. The highest BCUT2D eigenvalue weighted by molar-refractivity contribution is 5.87. The zero-order chi connectivity index (χ0) is 16.9. The van der Waals surface area contributed by atoms with Crippen LogP contribution in [0, 0.1) is 5.92 Å². The molecule has 0 aromatic carbocycles. The lowest BCUT2D eigenvalue weighted by Crippen LogP contribution is -2.44. The first kappa shape index (κ1) is 22.4. The quantitative estimate of drug-likeness (QED) is 0.758. The second kappa shape index (κ2) is 10.5. The lowest BCUT2D eigenvalue weighted by molar-refractivity contribution is -0.131. The summed E-state index contributed by atoms with van der Waals surface area (Å²) >= 11 is 0. The Balaban J connectivity index is 0.00000169. The van der Waals surface area contributed by atoms with Gasteiger partial charge in [-0.1, -0.05) is 6.92 Å². The van der Waals surface area contributed by atoms with Crippen LogP contribution >= 0.6 is 24.8 Å². The summed E-state index contributed by atoms with van der Waals surface area (Å²) < 4.78 is 0. The van der Waals surface area contributed by atoms with Gasteiger partial charge in [-0.3, -0.25) is 4.79 Å². The topological polar surface area (TPSA) is 90.0 Å². The third-order valence-corrected chi connectivity index (χ3v) is 4.59. The number of H-pyrrole nitrogens is 1. The van der Waals surface area contributed by atoms with E-state index in [0.29, 0.717) is 23.9 Å². The molecule has 0 radical (unpaired) electrons. The number of likely N-dealkylation sites (tertiary alicyclic amines) is 1. The summed E-state index contributed by atoms with van der Waals surface area (Å²) in [6.45, 7) is 6.17. The van der Waals surface area contributed by atoms with Crippen molar-refractivity contribution >= 4 is 47.7 Å². The highest BCUT2D eigenvalue weighted by atomic mass is 35.5. The van der Waals surface area contributed by atoms with Crippen molar-refractivity contribution in [2.45, 2.75) is 19.8 Å². The van der Waals surface area contributed by atoms with E-state index in [-0.39, 0.29) is 30.7 Å². The van der Waals surface area contributed by atoms with Gasteiger partial charge >= 0.3 is 0 Å². The van der Waals surface area contributed by atoms with Gasteiger partial charge in [-0.2, -0.15) is 0 Å². The number of nitrogens with one attached hydrogen (secondary N) is 2. The molecule has 3 heterocycles. The SMILES string of the molecule is CCNCC1CCN(C(=O)CN(C)c2ncnc3nc[nH]c23)CC1.Cl.Cl. The largest absolute Gasteiger partial charge is 0.348 e. The first-order valence-electron chi connectivity index (χ1n) is 8.52. The molecule has 2 aromatic rings. The second-order valence-corrected chi connectivity index (χ2v) is 6.29. The van der Waals surface area contributed by atoms with Crippen LogP contribution in [0.1, 0.15) is 19.8 Å². The minimum Gasteiger partial charge on any atom is -0.348 e. The number of fused-ring (bicyclic) bond motifs is 1. The number of nitrogens with zero attached hydrogens (tertiary/aromatic N) is 5. The maximum absolute atomic E-state index is 12.6. The van der Waals surface area contributed by atoms with Crippen LogP contribution < -0.4 is 10.2 Å². The van der Waals surface area contributed by atoms with Crippen molar-refractivity contribution in [2.75, 3.05) is 44.7 Å². The van der Waals surface area contributed by atoms with Crippen LogP contribution in [0.4, 0.5) is 5.82 Å². The third-order valence-electron chi connectivity index (χ3n) is 4.59. The Labute approximate surface area is 166 Å². The number of carbonyl (C=O) groups is 1. The molecule has 10 heteroatoms. The van der Waals surface area contributed by atoms with Gasteiger partial charge in [0.25, 0.3) is 0 Å². The van der Waals surface area contributed by atoms with E-state index < -0.39 is 0 Å². The standard InChI is InChI=1S/C16H25N7O.2ClH/c1-3-17-8-12-4-6-23(7-5-12)13(24)9-22(2)16-14-15(19-10-18-14)20-11-21-16;;/h10-12,17H,3-9H2,1-2H3,(H,18,19,20,21);2*1H. The van der Waals surface area contributed by atoms with Gasteiger partial charge in [0.15, 0.2) is 11.5 Å². The van der Waals surface area contributed by atoms with Crippen LogP contribution in [0.25, 0.3) is 11.2 Å². The summed E-state index contributed by atoms with van der Waals surface area (Å²) in [7, 11) is 1.87. The van der Waals surface area contributed by atoms with Crippen molar-refractivity contribution in [3.05, 3.63) is 12.7 Å². The van der Waals surface area contributed by atoms with Gasteiger partial charge in [-0.05, 0) is 31.8 Å². The maximum Gasteiger partial charge on any atom is 0.242 e. The summed E-state index contributed by atoms with van der Waals surface area (Å²) in [4.78, 5) is 32.0. The number of aromatic nitrogens is 4.